The molecule has 1 amide bonds. The van der Waals surface area contributed by atoms with Crippen LogP contribution in [0.2, 0.25) is 5.02 Å². The van der Waals surface area contributed by atoms with Gasteiger partial charge in [0.1, 0.15) is 40.9 Å². The standard InChI is InChI=1S/C41H35ClF9N7O5S2/c1-39(2,65(62,63)23-5-6-23)11-10-22-4-7-24(25-8-9-28(42)33-35(25)57(17-30(45)46)55-38(33)56-64(3,60)61)34(52-22)29(14-19-12-20(43)15-21(44)13-19)53-31(59)18-58-37-32(36(54-58)41(49,50)51)26-16-27(26)40(37,47)48/h4,7-9,12-13,15,23,26-27,29-30H,5-6,14,16-18H2,1-3H3,(H,53,59)(H,55,56)/t26-,27?,29-/m0/s1. The number of hydrogen-bond acceptors (Lipinski definition) is 8. The summed E-state index contributed by atoms with van der Waals surface area (Å²) in [4.78, 5) is 18.7. The number of alkyl halides is 7. The number of carbonyl (C=O) groups excluding carboxylic acids is 1. The highest BCUT2D eigenvalue weighted by Crippen LogP contribution is 2.68. The Kier molecular flexibility index (Phi) is 11.3. The van der Waals surface area contributed by atoms with Crippen molar-refractivity contribution in [3.63, 3.8) is 0 Å². The Hall–Kier alpha value is -5.34. The van der Waals surface area contributed by atoms with E-state index in [0.717, 1.165) is 23.1 Å². The molecule has 3 heterocycles. The highest BCUT2D eigenvalue weighted by Gasteiger charge is 2.68. The monoisotopic (exact) mass is 975 g/mol. The summed E-state index contributed by atoms with van der Waals surface area (Å²) >= 11 is 6.54. The number of nitrogens with zero attached hydrogens (tertiary/aromatic N) is 5. The van der Waals surface area contributed by atoms with Crippen LogP contribution in [0.1, 0.15) is 79.0 Å². The summed E-state index contributed by atoms with van der Waals surface area (Å²) in [6.45, 7) is 0.431. The molecular formula is C41H35ClF9N7O5S2. The van der Waals surface area contributed by atoms with Crippen molar-refractivity contribution in [1.82, 2.24) is 29.9 Å². The molecule has 0 saturated heterocycles. The number of pyridine rings is 1. The van der Waals surface area contributed by atoms with Crippen molar-refractivity contribution in [2.75, 3.05) is 11.0 Å². The Labute approximate surface area is 369 Å². The van der Waals surface area contributed by atoms with E-state index in [2.05, 4.69) is 37.1 Å². The summed E-state index contributed by atoms with van der Waals surface area (Å²) in [6, 6.07) is 5.92. The van der Waals surface area contributed by atoms with Gasteiger partial charge in [0, 0.05) is 28.7 Å². The van der Waals surface area contributed by atoms with Crippen molar-refractivity contribution in [1.29, 1.82) is 0 Å². The number of rotatable bonds is 13. The number of nitrogens with one attached hydrogen (secondary N) is 2. The predicted octanol–water partition coefficient (Wildman–Crippen LogP) is 7.90. The second-order valence-electron chi connectivity index (χ2n) is 16.7. The van der Waals surface area contributed by atoms with Crippen molar-refractivity contribution in [3.05, 3.63) is 93.0 Å². The molecular weight excluding hydrogens is 941 g/mol. The number of fused-ring (bicyclic) bond motifs is 4. The van der Waals surface area contributed by atoms with E-state index in [4.69, 9.17) is 11.6 Å². The molecule has 2 N–H and O–H groups in total. The second kappa shape index (κ2) is 15.9. The van der Waals surface area contributed by atoms with Gasteiger partial charge in [0.05, 0.1) is 39.2 Å². The van der Waals surface area contributed by atoms with E-state index in [-0.39, 0.29) is 55.1 Å². The normalized spacial score (nSPS) is 18.6. The van der Waals surface area contributed by atoms with Crippen LogP contribution in [0.3, 0.4) is 0 Å². The Morgan fingerprint density at radius 2 is 1.65 bits per heavy atom. The van der Waals surface area contributed by atoms with Gasteiger partial charge in [-0.1, -0.05) is 23.6 Å². The topological polar surface area (TPSA) is 158 Å². The maximum Gasteiger partial charge on any atom is 0.435 e. The fourth-order valence-electron chi connectivity index (χ4n) is 8.28. The molecule has 12 nitrogen and oxygen atoms in total. The fraction of sp³-hybridized carbons (Fsp3) is 0.415. The Morgan fingerprint density at radius 1 is 0.985 bits per heavy atom. The first-order valence-corrected chi connectivity index (χ1v) is 23.5. The van der Waals surface area contributed by atoms with Crippen LogP contribution >= 0.6 is 11.6 Å². The molecule has 24 heteroatoms. The molecule has 0 bridgehead atoms. The Morgan fingerprint density at radius 3 is 2.26 bits per heavy atom. The number of aromatic nitrogens is 5. The second-order valence-corrected chi connectivity index (χ2v) is 21.6. The zero-order valence-corrected chi connectivity index (χ0v) is 36.4. The number of halogens is 10. The molecule has 2 aromatic carbocycles. The lowest BCUT2D eigenvalue weighted by molar-refractivity contribution is -0.142. The van der Waals surface area contributed by atoms with Gasteiger partial charge in [-0.2, -0.15) is 32.1 Å². The maximum absolute atomic E-state index is 15.5. The van der Waals surface area contributed by atoms with E-state index >= 15 is 8.78 Å². The lowest BCUT2D eigenvalue weighted by atomic mass is 9.93. The third kappa shape index (κ3) is 8.88. The minimum absolute atomic E-state index is 0.0407. The van der Waals surface area contributed by atoms with Crippen LogP contribution in [0.4, 0.5) is 45.3 Å². The summed E-state index contributed by atoms with van der Waals surface area (Å²) < 4.78 is 184. The molecule has 0 aliphatic heterocycles. The van der Waals surface area contributed by atoms with Crippen LogP contribution in [0.15, 0.2) is 42.5 Å². The molecule has 3 aromatic heterocycles. The van der Waals surface area contributed by atoms with E-state index in [1.54, 1.807) is 0 Å². The predicted molar refractivity (Wildman–Crippen MR) is 218 cm³/mol. The number of carbonyl (C=O) groups is 1. The van der Waals surface area contributed by atoms with Gasteiger partial charge in [-0.05, 0) is 87.3 Å². The number of hydrogen-bond donors (Lipinski definition) is 2. The average molecular weight is 976 g/mol. The lowest BCUT2D eigenvalue weighted by Gasteiger charge is -2.23. The van der Waals surface area contributed by atoms with Gasteiger partial charge < -0.3 is 5.32 Å². The van der Waals surface area contributed by atoms with E-state index in [1.807, 2.05) is 0 Å². The van der Waals surface area contributed by atoms with Crippen LogP contribution in [0.5, 0.6) is 0 Å². The third-order valence-electron chi connectivity index (χ3n) is 11.3. The molecule has 8 rings (SSSR count). The molecule has 346 valence electrons. The number of benzene rings is 2. The van der Waals surface area contributed by atoms with E-state index < -0.39 is 126 Å². The molecule has 0 radical (unpaired) electrons. The molecule has 1 unspecified atom stereocenters. The van der Waals surface area contributed by atoms with Gasteiger partial charge in [-0.3, -0.25) is 18.9 Å². The van der Waals surface area contributed by atoms with Gasteiger partial charge in [0.25, 0.3) is 12.3 Å². The van der Waals surface area contributed by atoms with Crippen LogP contribution in [0.25, 0.3) is 22.0 Å². The first-order valence-electron chi connectivity index (χ1n) is 19.7. The van der Waals surface area contributed by atoms with Gasteiger partial charge in [-0.25, -0.2) is 39.4 Å². The quantitative estimate of drug-likeness (QED) is 0.0891. The van der Waals surface area contributed by atoms with Crippen LogP contribution in [-0.4, -0.2) is 70.0 Å². The number of sulfone groups is 1. The van der Waals surface area contributed by atoms with Gasteiger partial charge in [0.2, 0.25) is 15.9 Å². The fourth-order valence-corrected chi connectivity index (χ4v) is 10.8. The molecule has 65 heavy (non-hydrogen) atoms. The van der Waals surface area contributed by atoms with Crippen molar-refractivity contribution in [2.24, 2.45) is 5.92 Å². The van der Waals surface area contributed by atoms with Gasteiger partial charge >= 0.3 is 6.18 Å². The molecule has 2 saturated carbocycles. The summed E-state index contributed by atoms with van der Waals surface area (Å²) in [6.07, 6.45) is -7.38. The van der Waals surface area contributed by atoms with Crippen LogP contribution in [-0.2, 0) is 56.3 Å². The van der Waals surface area contributed by atoms with E-state index in [0.29, 0.717) is 18.9 Å². The van der Waals surface area contributed by atoms with E-state index in [1.165, 1.54) is 38.1 Å². The number of sulfonamides is 1. The lowest BCUT2D eigenvalue weighted by Crippen LogP contribution is -2.35. The highest BCUT2D eigenvalue weighted by atomic mass is 35.5. The molecule has 2 fully saturated rings. The zero-order chi connectivity index (χ0) is 47.3. The Bertz CT molecular complexity index is 3070. The Balaban J connectivity index is 1.32. The summed E-state index contributed by atoms with van der Waals surface area (Å²) in [5.41, 5.74) is -4.23. The third-order valence-corrected chi connectivity index (χ3v) is 15.1. The summed E-state index contributed by atoms with van der Waals surface area (Å²) in [5.74, 6) is -4.73. The molecule has 0 spiro atoms. The van der Waals surface area contributed by atoms with Crippen LogP contribution in [0, 0.1) is 29.4 Å². The molecule has 5 aromatic rings. The molecule has 3 atom stereocenters. The van der Waals surface area contributed by atoms with E-state index in [9.17, 15) is 52.4 Å². The van der Waals surface area contributed by atoms with Crippen molar-refractivity contribution >= 4 is 54.1 Å². The summed E-state index contributed by atoms with van der Waals surface area (Å²) in [7, 11) is -7.88. The van der Waals surface area contributed by atoms with Crippen molar-refractivity contribution in [3.8, 4) is 23.0 Å². The largest absolute Gasteiger partial charge is 0.435 e. The van der Waals surface area contributed by atoms with Crippen molar-refractivity contribution < 1.29 is 61.1 Å². The molecule has 3 aliphatic carbocycles. The van der Waals surface area contributed by atoms with Gasteiger partial charge in [-0.15, -0.1) is 0 Å². The average Bonchev–Trinajstić information content (AvgIpc) is 4.10. The minimum atomic E-state index is -5.16. The molecule has 3 aliphatic rings. The minimum Gasteiger partial charge on any atom is -0.346 e. The smallest absolute Gasteiger partial charge is 0.346 e. The first-order chi connectivity index (χ1) is 30.2. The highest BCUT2D eigenvalue weighted by molar-refractivity contribution is 7.93. The SMILES string of the molecule is CC(C)(C#Cc1ccc(-c2ccc(Cl)c3c(NS(C)(=O)=O)nn(CC(F)F)c23)c([C@H](Cc2cc(F)cc(F)c2)NC(=O)Cn2nc(C(F)(F)F)c3c2C(F)(F)C2C[C@H]32)n1)S(=O)(=O)C1CC1. The van der Waals surface area contributed by atoms with Crippen LogP contribution < -0.4 is 10.0 Å². The number of anilines is 1. The maximum atomic E-state index is 15.5. The zero-order valence-electron chi connectivity index (χ0n) is 34.0. The van der Waals surface area contributed by atoms with Gasteiger partial charge in [0.15, 0.2) is 21.3 Å². The van der Waals surface area contributed by atoms with Crippen molar-refractivity contribution in [2.45, 2.75) is 93.1 Å². The number of amides is 1. The summed E-state index contributed by atoms with van der Waals surface area (Å²) in [5, 5.41) is 9.04. The first kappa shape index (κ1) is 46.2.